The van der Waals surface area contributed by atoms with Crippen LogP contribution in [0.2, 0.25) is 5.15 Å². The molecule has 0 radical (unpaired) electrons. The highest BCUT2D eigenvalue weighted by Gasteiger charge is 2.21. The predicted molar refractivity (Wildman–Crippen MR) is 153 cm³/mol. The molecule has 0 spiro atoms. The summed E-state index contributed by atoms with van der Waals surface area (Å²) in [7, 11) is 0. The molecule has 0 saturated carbocycles. The van der Waals surface area contributed by atoms with E-state index >= 15 is 0 Å². The third-order valence-electron chi connectivity index (χ3n) is 6.83. The van der Waals surface area contributed by atoms with E-state index in [0.29, 0.717) is 60.0 Å². The quantitative estimate of drug-likeness (QED) is 0.236. The molecule has 3 heterocycles. The Kier molecular flexibility index (Phi) is 9.52. The summed E-state index contributed by atoms with van der Waals surface area (Å²) in [5.41, 5.74) is 2.27. The molecule has 2 aliphatic rings. The zero-order chi connectivity index (χ0) is 27.0. The lowest BCUT2D eigenvalue weighted by Gasteiger charge is -2.36. The predicted octanol–water partition coefficient (Wildman–Crippen LogP) is 3.95. The zero-order valence-electron chi connectivity index (χ0n) is 21.7. The number of thioether (sulfide) groups is 1. The molecular weight excluding hydrogens is 539 g/mol. The van der Waals surface area contributed by atoms with Crippen molar-refractivity contribution in [3.05, 3.63) is 76.7 Å². The van der Waals surface area contributed by atoms with Gasteiger partial charge in [0.25, 0.3) is 5.91 Å². The maximum atomic E-state index is 14.2. The van der Waals surface area contributed by atoms with E-state index in [9.17, 15) is 9.18 Å². The van der Waals surface area contributed by atoms with Crippen molar-refractivity contribution in [1.82, 2.24) is 20.2 Å². The Labute approximate surface area is 237 Å². The van der Waals surface area contributed by atoms with Gasteiger partial charge in [-0.25, -0.2) is 14.4 Å². The number of halogens is 2. The zero-order valence-corrected chi connectivity index (χ0v) is 23.3. The summed E-state index contributed by atoms with van der Waals surface area (Å²) in [6.45, 7) is 7.50. The topological polar surface area (TPSA) is 73.8 Å². The summed E-state index contributed by atoms with van der Waals surface area (Å²) < 4.78 is 19.6. The maximum absolute atomic E-state index is 14.2. The van der Waals surface area contributed by atoms with E-state index in [1.165, 1.54) is 17.8 Å². The summed E-state index contributed by atoms with van der Waals surface area (Å²) in [4.78, 5) is 28.3. The second kappa shape index (κ2) is 13.4. The Morgan fingerprint density at radius 2 is 1.74 bits per heavy atom. The van der Waals surface area contributed by atoms with Gasteiger partial charge in [-0.15, -0.1) is 0 Å². The number of rotatable bonds is 9. The highest BCUT2D eigenvalue weighted by atomic mass is 35.5. The molecule has 8 nitrogen and oxygen atoms in total. The second-order valence-corrected chi connectivity index (χ2v) is 10.8. The average Bonchev–Trinajstić information content (AvgIpc) is 2.97. The molecule has 0 atom stereocenters. The first-order valence-corrected chi connectivity index (χ1v) is 14.5. The molecule has 1 amide bonds. The van der Waals surface area contributed by atoms with Crippen LogP contribution in [0, 0.1) is 5.82 Å². The Bertz CT molecular complexity index is 1270. The summed E-state index contributed by atoms with van der Waals surface area (Å²) in [6.07, 6.45) is 0. The lowest BCUT2D eigenvalue weighted by molar-refractivity contribution is 0.0383. The number of amides is 1. The lowest BCUT2D eigenvalue weighted by atomic mass is 10.1. The van der Waals surface area contributed by atoms with Gasteiger partial charge in [0, 0.05) is 69.7 Å². The molecule has 11 heteroatoms. The summed E-state index contributed by atoms with van der Waals surface area (Å²) in [5, 5.41) is 3.98. The fourth-order valence-electron chi connectivity index (χ4n) is 4.70. The van der Waals surface area contributed by atoms with Crippen molar-refractivity contribution in [3.63, 3.8) is 0 Å². The number of anilines is 2. The minimum absolute atomic E-state index is 0.0778. The number of hydrogen-bond acceptors (Lipinski definition) is 8. The van der Waals surface area contributed by atoms with Crippen molar-refractivity contribution in [1.29, 1.82) is 0 Å². The van der Waals surface area contributed by atoms with Crippen molar-refractivity contribution < 1.29 is 13.9 Å². The standard InChI is InChI=1S/C28H32ClFN6O2S/c29-25-19-26(36-12-10-35(11-13-36)24-7-2-1-6-23(24)30)33-28(32-25)39-20-21-4-3-5-22(18-21)27(37)31-8-9-34-14-16-38-17-15-34/h1-7,18-19H,8-17,20H2,(H,31,37). The Morgan fingerprint density at radius 3 is 2.54 bits per heavy atom. The van der Waals surface area contributed by atoms with E-state index in [-0.39, 0.29) is 11.7 Å². The number of aromatic nitrogens is 2. The fourth-order valence-corrected chi connectivity index (χ4v) is 5.73. The van der Waals surface area contributed by atoms with E-state index in [1.54, 1.807) is 12.1 Å². The fraction of sp³-hybridized carbons (Fsp3) is 0.393. The molecule has 206 valence electrons. The number of piperazine rings is 1. The normalized spacial score (nSPS) is 16.4. The molecule has 0 bridgehead atoms. The number of carbonyl (C=O) groups is 1. The first-order valence-electron chi connectivity index (χ1n) is 13.1. The summed E-state index contributed by atoms with van der Waals surface area (Å²) >= 11 is 7.83. The van der Waals surface area contributed by atoms with Gasteiger partial charge < -0.3 is 19.9 Å². The van der Waals surface area contributed by atoms with Gasteiger partial charge >= 0.3 is 0 Å². The number of morpholine rings is 1. The van der Waals surface area contributed by atoms with Crippen LogP contribution in [0.5, 0.6) is 0 Å². The van der Waals surface area contributed by atoms with Gasteiger partial charge in [-0.3, -0.25) is 9.69 Å². The minimum atomic E-state index is -0.204. The van der Waals surface area contributed by atoms with Crippen LogP contribution in [0.15, 0.2) is 59.8 Å². The third kappa shape index (κ3) is 7.60. The number of nitrogens with one attached hydrogen (secondary N) is 1. The number of nitrogens with zero attached hydrogens (tertiary/aromatic N) is 5. The molecule has 1 N–H and O–H groups in total. The van der Waals surface area contributed by atoms with Crippen LogP contribution in [0.4, 0.5) is 15.9 Å². The molecule has 0 aliphatic carbocycles. The van der Waals surface area contributed by atoms with E-state index in [0.717, 1.165) is 44.2 Å². The smallest absolute Gasteiger partial charge is 0.251 e. The van der Waals surface area contributed by atoms with E-state index in [2.05, 4.69) is 25.0 Å². The monoisotopic (exact) mass is 570 g/mol. The minimum Gasteiger partial charge on any atom is -0.379 e. The van der Waals surface area contributed by atoms with E-state index in [1.807, 2.05) is 36.4 Å². The molecule has 2 fully saturated rings. The Morgan fingerprint density at radius 1 is 0.974 bits per heavy atom. The van der Waals surface area contributed by atoms with Gasteiger partial charge in [0.2, 0.25) is 0 Å². The first kappa shape index (κ1) is 27.6. The molecule has 2 aromatic carbocycles. The van der Waals surface area contributed by atoms with Crippen LogP contribution in [0.25, 0.3) is 0 Å². The van der Waals surface area contributed by atoms with Gasteiger partial charge in [-0.2, -0.15) is 0 Å². The number of hydrogen-bond donors (Lipinski definition) is 1. The Hall–Kier alpha value is -2.92. The highest BCUT2D eigenvalue weighted by Crippen LogP contribution is 2.27. The summed E-state index contributed by atoms with van der Waals surface area (Å²) in [5.74, 6) is 1.09. The molecule has 2 saturated heterocycles. The maximum Gasteiger partial charge on any atom is 0.251 e. The highest BCUT2D eigenvalue weighted by molar-refractivity contribution is 7.98. The van der Waals surface area contributed by atoms with Gasteiger partial charge in [-0.05, 0) is 29.8 Å². The van der Waals surface area contributed by atoms with Gasteiger partial charge in [0.15, 0.2) is 5.16 Å². The van der Waals surface area contributed by atoms with Crippen LogP contribution in [-0.2, 0) is 10.5 Å². The molecule has 5 rings (SSSR count). The number of para-hydroxylation sites is 1. The van der Waals surface area contributed by atoms with Crippen LogP contribution in [0.1, 0.15) is 15.9 Å². The summed E-state index contributed by atoms with van der Waals surface area (Å²) in [6, 6.07) is 16.2. The first-order chi connectivity index (χ1) is 19.0. The molecular formula is C28H32ClFN6O2S. The van der Waals surface area contributed by atoms with Gasteiger partial charge in [-0.1, -0.05) is 47.6 Å². The largest absolute Gasteiger partial charge is 0.379 e. The van der Waals surface area contributed by atoms with Crippen LogP contribution in [-0.4, -0.2) is 86.3 Å². The molecule has 1 aromatic heterocycles. The van der Waals surface area contributed by atoms with Crippen molar-refractivity contribution >= 4 is 40.8 Å². The van der Waals surface area contributed by atoms with Gasteiger partial charge in [0.05, 0.1) is 18.9 Å². The van der Waals surface area contributed by atoms with Crippen molar-refractivity contribution in [3.8, 4) is 0 Å². The molecule has 2 aliphatic heterocycles. The second-order valence-electron chi connectivity index (χ2n) is 9.46. The van der Waals surface area contributed by atoms with Crippen molar-refractivity contribution in [2.45, 2.75) is 10.9 Å². The average molecular weight is 571 g/mol. The van der Waals surface area contributed by atoms with Crippen LogP contribution >= 0.6 is 23.4 Å². The molecule has 3 aromatic rings. The SMILES string of the molecule is O=C(NCCN1CCOCC1)c1cccc(CSc2nc(Cl)cc(N3CCN(c4ccccc4F)CC3)n2)c1. The van der Waals surface area contributed by atoms with E-state index in [4.69, 9.17) is 21.3 Å². The third-order valence-corrected chi connectivity index (χ3v) is 7.94. The number of ether oxygens (including phenoxy) is 1. The number of carbonyl (C=O) groups excluding carboxylic acids is 1. The molecule has 39 heavy (non-hydrogen) atoms. The van der Waals surface area contributed by atoms with E-state index < -0.39 is 0 Å². The molecule has 0 unspecified atom stereocenters. The van der Waals surface area contributed by atoms with Gasteiger partial charge in [0.1, 0.15) is 16.8 Å². The van der Waals surface area contributed by atoms with Crippen LogP contribution < -0.4 is 15.1 Å². The van der Waals surface area contributed by atoms with Crippen molar-refractivity contribution in [2.75, 3.05) is 75.4 Å². The lowest BCUT2D eigenvalue weighted by Crippen LogP contribution is -2.47. The number of benzene rings is 2. The van der Waals surface area contributed by atoms with Crippen LogP contribution in [0.3, 0.4) is 0 Å². The van der Waals surface area contributed by atoms with Crippen molar-refractivity contribution in [2.24, 2.45) is 0 Å². The Balaban J connectivity index is 1.14.